The molecule has 2 fully saturated rings. The van der Waals surface area contributed by atoms with Gasteiger partial charge in [-0.15, -0.1) is 24.8 Å². The number of anilines is 1. The molecule has 1 aliphatic carbocycles. The van der Waals surface area contributed by atoms with Crippen molar-refractivity contribution in [3.8, 4) is 0 Å². The minimum atomic E-state index is 0. The number of hydrogen-bond donors (Lipinski definition) is 1. The van der Waals surface area contributed by atoms with Crippen LogP contribution in [0.15, 0.2) is 24.3 Å². The van der Waals surface area contributed by atoms with Crippen LogP contribution < -0.4 is 10.6 Å². The van der Waals surface area contributed by atoms with Gasteiger partial charge in [0.05, 0.1) is 6.04 Å². The number of benzene rings is 1. The number of rotatable bonds is 3. The summed E-state index contributed by atoms with van der Waals surface area (Å²) < 4.78 is 0. The normalized spacial score (nSPS) is 25.7. The lowest BCUT2D eigenvalue weighted by Gasteiger charge is -2.33. The summed E-state index contributed by atoms with van der Waals surface area (Å²) in [4.78, 5) is 17.2. The van der Waals surface area contributed by atoms with Crippen LogP contribution in [0.2, 0.25) is 0 Å². The van der Waals surface area contributed by atoms with Gasteiger partial charge in [0, 0.05) is 38.3 Å². The molecule has 6 heteroatoms. The maximum Gasteiger partial charge on any atom is 0.226 e. The molecule has 4 nitrogen and oxygen atoms in total. The molecule has 0 radical (unpaired) electrons. The fourth-order valence-corrected chi connectivity index (χ4v) is 4.07. The molecule has 1 amide bonds. The van der Waals surface area contributed by atoms with Gasteiger partial charge in [-0.25, -0.2) is 0 Å². The Balaban J connectivity index is 0.00000156. The molecule has 0 aromatic heterocycles. The van der Waals surface area contributed by atoms with Crippen molar-refractivity contribution in [2.24, 2.45) is 11.7 Å². The van der Waals surface area contributed by atoms with E-state index in [1.165, 1.54) is 11.3 Å². The average Bonchev–Trinajstić information content (AvgIpc) is 3.04. The van der Waals surface area contributed by atoms with Gasteiger partial charge in [-0.05, 0) is 49.8 Å². The summed E-state index contributed by atoms with van der Waals surface area (Å²) in [6, 6.07) is 9.04. The van der Waals surface area contributed by atoms with E-state index in [2.05, 4.69) is 48.2 Å². The number of nitrogens with two attached hydrogens (primary N) is 1. The van der Waals surface area contributed by atoms with Gasteiger partial charge in [0.2, 0.25) is 5.91 Å². The summed E-state index contributed by atoms with van der Waals surface area (Å²) in [5, 5.41) is 0. The first-order valence-electron chi connectivity index (χ1n) is 8.89. The quantitative estimate of drug-likeness (QED) is 0.858. The second-order valence-corrected chi connectivity index (χ2v) is 7.30. The molecule has 1 aromatic rings. The van der Waals surface area contributed by atoms with E-state index in [9.17, 15) is 4.79 Å². The molecule has 25 heavy (non-hydrogen) atoms. The molecular formula is C19H31Cl2N3O. The van der Waals surface area contributed by atoms with Crippen LogP contribution in [0, 0.1) is 5.92 Å². The Morgan fingerprint density at radius 1 is 1.16 bits per heavy atom. The molecule has 1 saturated carbocycles. The van der Waals surface area contributed by atoms with E-state index in [1.807, 2.05) is 0 Å². The second kappa shape index (κ2) is 9.65. The molecule has 0 spiro atoms. The van der Waals surface area contributed by atoms with Gasteiger partial charge in [0.25, 0.3) is 0 Å². The topological polar surface area (TPSA) is 49.6 Å². The fraction of sp³-hybridized carbons (Fsp3) is 0.632. The van der Waals surface area contributed by atoms with Gasteiger partial charge in [0.1, 0.15) is 0 Å². The Labute approximate surface area is 163 Å². The first kappa shape index (κ1) is 22.1. The number of carbonyl (C=O) groups excluding carboxylic acids is 1. The number of amides is 1. The first-order valence-corrected chi connectivity index (χ1v) is 8.89. The second-order valence-electron chi connectivity index (χ2n) is 7.30. The van der Waals surface area contributed by atoms with Gasteiger partial charge < -0.3 is 15.5 Å². The number of hydrogen-bond acceptors (Lipinski definition) is 3. The molecule has 1 aliphatic heterocycles. The van der Waals surface area contributed by atoms with E-state index in [0.29, 0.717) is 5.91 Å². The molecule has 3 atom stereocenters. The van der Waals surface area contributed by atoms with Crippen LogP contribution >= 0.6 is 24.8 Å². The van der Waals surface area contributed by atoms with E-state index >= 15 is 0 Å². The van der Waals surface area contributed by atoms with Gasteiger partial charge in [0.15, 0.2) is 0 Å². The third-order valence-electron chi connectivity index (χ3n) is 5.37. The molecule has 3 rings (SSSR count). The van der Waals surface area contributed by atoms with Crippen LogP contribution in [0.25, 0.3) is 0 Å². The lowest BCUT2D eigenvalue weighted by Crippen LogP contribution is -2.40. The molecule has 142 valence electrons. The Morgan fingerprint density at radius 3 is 2.60 bits per heavy atom. The zero-order valence-corrected chi connectivity index (χ0v) is 16.8. The predicted octanol–water partition coefficient (Wildman–Crippen LogP) is 3.78. The maximum atomic E-state index is 13.0. The summed E-state index contributed by atoms with van der Waals surface area (Å²) in [5.74, 6) is 0.467. The largest absolute Gasteiger partial charge is 0.378 e. The van der Waals surface area contributed by atoms with Crippen molar-refractivity contribution in [2.45, 2.75) is 50.6 Å². The Morgan fingerprint density at radius 2 is 1.92 bits per heavy atom. The SMILES string of the molecule is CN(C)c1cccc(C2CCCN2C(=O)C2CCCC(N)C2)c1.Cl.Cl. The van der Waals surface area contributed by atoms with Gasteiger partial charge in [-0.2, -0.15) is 0 Å². The average molecular weight is 388 g/mol. The summed E-state index contributed by atoms with van der Waals surface area (Å²) in [5.41, 5.74) is 8.55. The third kappa shape index (κ3) is 5.02. The van der Waals surface area contributed by atoms with Crippen LogP contribution in [-0.2, 0) is 4.79 Å². The van der Waals surface area contributed by atoms with Crippen LogP contribution in [0.1, 0.15) is 50.1 Å². The zero-order chi connectivity index (χ0) is 16.4. The van der Waals surface area contributed by atoms with Crippen molar-refractivity contribution < 1.29 is 4.79 Å². The van der Waals surface area contributed by atoms with Crippen LogP contribution in [0.3, 0.4) is 0 Å². The van der Waals surface area contributed by atoms with E-state index in [1.54, 1.807) is 0 Å². The number of carbonyl (C=O) groups is 1. The van der Waals surface area contributed by atoms with E-state index in [-0.39, 0.29) is 42.8 Å². The number of nitrogens with zero attached hydrogens (tertiary/aromatic N) is 2. The molecule has 0 bridgehead atoms. The highest BCUT2D eigenvalue weighted by Crippen LogP contribution is 2.36. The predicted molar refractivity (Wildman–Crippen MR) is 109 cm³/mol. The van der Waals surface area contributed by atoms with Crippen molar-refractivity contribution in [3.63, 3.8) is 0 Å². The Hall–Kier alpha value is -0.970. The van der Waals surface area contributed by atoms with Crippen LogP contribution in [0.5, 0.6) is 0 Å². The minimum absolute atomic E-state index is 0. The summed E-state index contributed by atoms with van der Waals surface area (Å²) >= 11 is 0. The highest BCUT2D eigenvalue weighted by atomic mass is 35.5. The van der Waals surface area contributed by atoms with Crippen molar-refractivity contribution in [2.75, 3.05) is 25.5 Å². The van der Waals surface area contributed by atoms with Gasteiger partial charge in [-0.3, -0.25) is 4.79 Å². The highest BCUT2D eigenvalue weighted by Gasteiger charge is 2.35. The molecule has 2 N–H and O–H groups in total. The minimum Gasteiger partial charge on any atom is -0.378 e. The summed E-state index contributed by atoms with van der Waals surface area (Å²) in [7, 11) is 4.11. The first-order chi connectivity index (χ1) is 11.1. The zero-order valence-electron chi connectivity index (χ0n) is 15.2. The van der Waals surface area contributed by atoms with Crippen molar-refractivity contribution in [1.82, 2.24) is 4.90 Å². The smallest absolute Gasteiger partial charge is 0.226 e. The maximum absolute atomic E-state index is 13.0. The Bertz CT molecular complexity index is 567. The number of halogens is 2. The van der Waals surface area contributed by atoms with Crippen molar-refractivity contribution in [1.29, 1.82) is 0 Å². The molecule has 2 aliphatic rings. The molecular weight excluding hydrogens is 357 g/mol. The lowest BCUT2D eigenvalue weighted by molar-refractivity contribution is -0.137. The van der Waals surface area contributed by atoms with Crippen LogP contribution in [0.4, 0.5) is 5.69 Å². The monoisotopic (exact) mass is 387 g/mol. The highest BCUT2D eigenvalue weighted by molar-refractivity contribution is 5.85. The van der Waals surface area contributed by atoms with Crippen molar-refractivity contribution >= 4 is 36.4 Å². The van der Waals surface area contributed by atoms with Gasteiger partial charge in [-0.1, -0.05) is 18.6 Å². The standard InChI is InChI=1S/C19H29N3O.2ClH/c1-21(2)17-9-4-6-14(13-17)18-10-5-11-22(18)19(23)15-7-3-8-16(20)12-15;;/h4,6,9,13,15-16,18H,3,5,7-8,10-12,20H2,1-2H3;2*1H. The third-order valence-corrected chi connectivity index (χ3v) is 5.37. The van der Waals surface area contributed by atoms with E-state index in [4.69, 9.17) is 5.73 Å². The Kier molecular flexibility index (Phi) is 8.52. The molecule has 1 aromatic carbocycles. The summed E-state index contributed by atoms with van der Waals surface area (Å²) in [6.07, 6.45) is 6.19. The van der Waals surface area contributed by atoms with Gasteiger partial charge >= 0.3 is 0 Å². The summed E-state index contributed by atoms with van der Waals surface area (Å²) in [6.45, 7) is 0.890. The molecule has 1 heterocycles. The van der Waals surface area contributed by atoms with Crippen LogP contribution in [-0.4, -0.2) is 37.5 Å². The van der Waals surface area contributed by atoms with E-state index in [0.717, 1.165) is 45.1 Å². The fourth-order valence-electron chi connectivity index (χ4n) is 4.07. The number of likely N-dealkylation sites (tertiary alicyclic amines) is 1. The van der Waals surface area contributed by atoms with Crippen molar-refractivity contribution in [3.05, 3.63) is 29.8 Å². The molecule has 1 saturated heterocycles. The molecule has 3 unspecified atom stereocenters. The lowest BCUT2D eigenvalue weighted by atomic mass is 9.85. The van der Waals surface area contributed by atoms with E-state index < -0.39 is 0 Å².